The molecular formula is C12H14N2O4S. The van der Waals surface area contributed by atoms with Crippen LogP contribution in [0.3, 0.4) is 0 Å². The highest BCUT2D eigenvalue weighted by molar-refractivity contribution is 7.15. The molecule has 1 atom stereocenters. The quantitative estimate of drug-likeness (QED) is 0.858. The van der Waals surface area contributed by atoms with Crippen LogP contribution in [0.4, 0.5) is 0 Å². The van der Waals surface area contributed by atoms with Crippen molar-refractivity contribution in [3.63, 3.8) is 0 Å². The van der Waals surface area contributed by atoms with Crippen LogP contribution in [-0.4, -0.2) is 47.4 Å². The van der Waals surface area contributed by atoms with E-state index < -0.39 is 5.97 Å². The van der Waals surface area contributed by atoms with Crippen LogP contribution >= 0.6 is 11.3 Å². The van der Waals surface area contributed by atoms with Gasteiger partial charge in [0.15, 0.2) is 0 Å². The Kier molecular flexibility index (Phi) is 3.84. The molecular weight excluding hydrogens is 268 g/mol. The minimum atomic E-state index is -1.04. The first kappa shape index (κ1) is 13.5. The standard InChI is InChI=1S/C12H14N2O4S/c1-14-6-7(2-5-10(14)15)13-11(16)8-3-4-9(19-8)12(17)18/h3-4,7H,2,5-6H2,1H3,(H,13,16)(H,17,18). The van der Waals surface area contributed by atoms with Crippen molar-refractivity contribution in [3.8, 4) is 0 Å². The van der Waals surface area contributed by atoms with Crippen molar-refractivity contribution in [1.29, 1.82) is 0 Å². The van der Waals surface area contributed by atoms with Crippen molar-refractivity contribution in [1.82, 2.24) is 10.2 Å². The predicted octanol–water partition coefficient (Wildman–Crippen LogP) is 0.797. The average molecular weight is 282 g/mol. The second-order valence-corrected chi connectivity index (χ2v) is 5.54. The van der Waals surface area contributed by atoms with E-state index in [1.165, 1.54) is 12.1 Å². The van der Waals surface area contributed by atoms with Gasteiger partial charge in [-0.25, -0.2) is 4.79 Å². The number of carboxylic acid groups (broad SMARTS) is 1. The van der Waals surface area contributed by atoms with E-state index in [-0.39, 0.29) is 22.7 Å². The fourth-order valence-electron chi connectivity index (χ4n) is 1.96. The van der Waals surface area contributed by atoms with Crippen LogP contribution in [0, 0.1) is 0 Å². The van der Waals surface area contributed by atoms with Crippen LogP contribution in [0.15, 0.2) is 12.1 Å². The molecule has 1 saturated heterocycles. The van der Waals surface area contributed by atoms with Crippen molar-refractivity contribution < 1.29 is 19.5 Å². The zero-order valence-electron chi connectivity index (χ0n) is 10.4. The summed E-state index contributed by atoms with van der Waals surface area (Å²) in [5, 5.41) is 11.6. The van der Waals surface area contributed by atoms with Crippen LogP contribution in [0.2, 0.25) is 0 Å². The summed E-state index contributed by atoms with van der Waals surface area (Å²) in [5.74, 6) is -1.24. The summed E-state index contributed by atoms with van der Waals surface area (Å²) in [6.07, 6.45) is 1.04. The molecule has 0 spiro atoms. The van der Waals surface area contributed by atoms with E-state index in [0.717, 1.165) is 11.3 Å². The zero-order chi connectivity index (χ0) is 14.0. The fraction of sp³-hybridized carbons (Fsp3) is 0.417. The largest absolute Gasteiger partial charge is 0.477 e. The molecule has 0 aromatic carbocycles. The molecule has 2 N–H and O–H groups in total. The molecule has 2 amide bonds. The number of carboxylic acids is 1. The van der Waals surface area contributed by atoms with Gasteiger partial charge < -0.3 is 15.3 Å². The molecule has 1 aliphatic heterocycles. The number of carbonyl (C=O) groups is 3. The van der Waals surface area contributed by atoms with Gasteiger partial charge in [0.2, 0.25) is 5.91 Å². The van der Waals surface area contributed by atoms with Gasteiger partial charge in [-0.3, -0.25) is 9.59 Å². The summed E-state index contributed by atoms with van der Waals surface area (Å²) in [7, 11) is 1.70. The number of rotatable bonds is 3. The van der Waals surface area contributed by atoms with Crippen LogP contribution in [-0.2, 0) is 4.79 Å². The Hall–Kier alpha value is -1.89. The number of piperidine rings is 1. The van der Waals surface area contributed by atoms with Gasteiger partial charge in [0.1, 0.15) is 4.88 Å². The summed E-state index contributed by atoms with van der Waals surface area (Å²) < 4.78 is 0. The average Bonchev–Trinajstić information content (AvgIpc) is 2.83. The molecule has 0 aliphatic carbocycles. The number of hydrogen-bond acceptors (Lipinski definition) is 4. The Morgan fingerprint density at radius 1 is 1.42 bits per heavy atom. The maximum absolute atomic E-state index is 11.9. The molecule has 1 fully saturated rings. The Balaban J connectivity index is 1.97. The highest BCUT2D eigenvalue weighted by Crippen LogP contribution is 2.17. The molecule has 7 heteroatoms. The van der Waals surface area contributed by atoms with E-state index in [9.17, 15) is 14.4 Å². The maximum atomic E-state index is 11.9. The molecule has 6 nitrogen and oxygen atoms in total. The molecule has 1 unspecified atom stereocenters. The summed E-state index contributed by atoms with van der Waals surface area (Å²) >= 11 is 0.947. The molecule has 0 radical (unpaired) electrons. The minimum Gasteiger partial charge on any atom is -0.477 e. The lowest BCUT2D eigenvalue weighted by Crippen LogP contribution is -2.48. The normalized spacial score (nSPS) is 19.3. The fourth-order valence-corrected chi connectivity index (χ4v) is 2.71. The van der Waals surface area contributed by atoms with Gasteiger partial charge in [0, 0.05) is 26.1 Å². The number of amides is 2. The predicted molar refractivity (Wildman–Crippen MR) is 69.4 cm³/mol. The second kappa shape index (κ2) is 5.40. The van der Waals surface area contributed by atoms with Gasteiger partial charge in [0.05, 0.1) is 4.88 Å². The molecule has 2 rings (SSSR count). The molecule has 1 aromatic rings. The molecule has 102 valence electrons. The lowest BCUT2D eigenvalue weighted by Gasteiger charge is -2.29. The number of likely N-dealkylation sites (tertiary alicyclic amines) is 1. The molecule has 0 bridgehead atoms. The molecule has 2 heterocycles. The van der Waals surface area contributed by atoms with Crippen molar-refractivity contribution in [2.24, 2.45) is 0 Å². The first-order valence-corrected chi connectivity index (χ1v) is 6.67. The highest BCUT2D eigenvalue weighted by Gasteiger charge is 2.25. The SMILES string of the molecule is CN1CC(NC(=O)c2ccc(C(=O)O)s2)CCC1=O. The zero-order valence-corrected chi connectivity index (χ0v) is 11.2. The third-order valence-electron chi connectivity index (χ3n) is 3.00. The summed E-state index contributed by atoms with van der Waals surface area (Å²) in [6, 6.07) is 2.84. The van der Waals surface area contributed by atoms with Crippen LogP contribution < -0.4 is 5.32 Å². The highest BCUT2D eigenvalue weighted by atomic mass is 32.1. The third-order valence-corrected chi connectivity index (χ3v) is 4.07. The number of likely N-dealkylation sites (N-methyl/N-ethyl adjacent to an activating group) is 1. The first-order valence-electron chi connectivity index (χ1n) is 5.85. The number of nitrogens with one attached hydrogen (secondary N) is 1. The van der Waals surface area contributed by atoms with Crippen molar-refractivity contribution in [2.45, 2.75) is 18.9 Å². The monoisotopic (exact) mass is 282 g/mol. The van der Waals surface area contributed by atoms with Crippen molar-refractivity contribution in [2.75, 3.05) is 13.6 Å². The summed E-state index contributed by atoms with van der Waals surface area (Å²) in [5.41, 5.74) is 0. The van der Waals surface area contributed by atoms with Crippen molar-refractivity contribution in [3.05, 3.63) is 21.9 Å². The van der Waals surface area contributed by atoms with E-state index >= 15 is 0 Å². The van der Waals surface area contributed by atoms with Crippen molar-refractivity contribution >= 4 is 29.1 Å². The van der Waals surface area contributed by atoms with Gasteiger partial charge in [-0.1, -0.05) is 0 Å². The second-order valence-electron chi connectivity index (χ2n) is 4.45. The first-order chi connectivity index (χ1) is 8.97. The van der Waals surface area contributed by atoms with Gasteiger partial charge in [-0.15, -0.1) is 11.3 Å². The Morgan fingerprint density at radius 2 is 2.11 bits per heavy atom. The molecule has 1 aliphatic rings. The van der Waals surface area contributed by atoms with Gasteiger partial charge in [-0.05, 0) is 18.6 Å². The maximum Gasteiger partial charge on any atom is 0.345 e. The van der Waals surface area contributed by atoms with Gasteiger partial charge >= 0.3 is 5.97 Å². The van der Waals surface area contributed by atoms with E-state index in [4.69, 9.17) is 5.11 Å². The molecule has 19 heavy (non-hydrogen) atoms. The lowest BCUT2D eigenvalue weighted by molar-refractivity contribution is -0.132. The minimum absolute atomic E-state index is 0.0782. The van der Waals surface area contributed by atoms with Gasteiger partial charge in [0.25, 0.3) is 5.91 Å². The van der Waals surface area contributed by atoms with E-state index in [1.54, 1.807) is 11.9 Å². The number of thiophene rings is 1. The lowest BCUT2D eigenvalue weighted by atomic mass is 10.1. The third kappa shape index (κ3) is 3.11. The number of nitrogens with zero attached hydrogens (tertiary/aromatic N) is 1. The van der Waals surface area contributed by atoms with Crippen LogP contribution in [0.1, 0.15) is 32.2 Å². The summed E-state index contributed by atoms with van der Waals surface area (Å²) in [6.45, 7) is 0.488. The smallest absolute Gasteiger partial charge is 0.345 e. The van der Waals surface area contributed by atoms with Gasteiger partial charge in [-0.2, -0.15) is 0 Å². The molecule has 0 saturated carbocycles. The Bertz CT molecular complexity index is 526. The number of hydrogen-bond donors (Lipinski definition) is 2. The number of carbonyl (C=O) groups excluding carboxylic acids is 2. The van der Waals surface area contributed by atoms with Crippen LogP contribution in [0.25, 0.3) is 0 Å². The van der Waals surface area contributed by atoms with E-state index in [1.807, 2.05) is 0 Å². The topological polar surface area (TPSA) is 86.7 Å². The number of aromatic carboxylic acids is 1. The van der Waals surface area contributed by atoms with E-state index in [0.29, 0.717) is 24.3 Å². The summed E-state index contributed by atoms with van der Waals surface area (Å²) in [4.78, 5) is 36.1. The van der Waals surface area contributed by atoms with Crippen LogP contribution in [0.5, 0.6) is 0 Å². The Morgan fingerprint density at radius 3 is 2.68 bits per heavy atom. The molecule has 1 aromatic heterocycles. The Labute approximate surface area is 114 Å². The van der Waals surface area contributed by atoms with E-state index in [2.05, 4.69) is 5.32 Å².